The van der Waals surface area contributed by atoms with Crippen LogP contribution in [-0.4, -0.2) is 28.6 Å². The van der Waals surface area contributed by atoms with E-state index in [1.165, 1.54) is 12.0 Å². The predicted octanol–water partition coefficient (Wildman–Crippen LogP) is 3.49. The Morgan fingerprint density at radius 1 is 1.12 bits per heavy atom. The molecule has 0 spiro atoms. The molecule has 0 heterocycles. The second kappa shape index (κ2) is 9.38. The van der Waals surface area contributed by atoms with Crippen LogP contribution < -0.4 is 0 Å². The van der Waals surface area contributed by atoms with E-state index in [0.717, 1.165) is 16.7 Å². The van der Waals surface area contributed by atoms with Crippen LogP contribution in [0.2, 0.25) is 0 Å². The third kappa shape index (κ3) is 5.60. The lowest BCUT2D eigenvalue weighted by Crippen LogP contribution is -2.30. The fourth-order valence-corrected chi connectivity index (χ4v) is 2.84. The van der Waals surface area contributed by atoms with Crippen molar-refractivity contribution in [2.24, 2.45) is 0 Å². The summed E-state index contributed by atoms with van der Waals surface area (Å²) in [6.45, 7) is 1.99. The van der Waals surface area contributed by atoms with E-state index in [1.807, 2.05) is 54.6 Å². The zero-order valence-electron chi connectivity index (χ0n) is 13.6. The number of benzene rings is 2. The second-order valence-corrected chi connectivity index (χ2v) is 6.70. The molecule has 6 heteroatoms. The van der Waals surface area contributed by atoms with Crippen LogP contribution in [-0.2, 0) is 20.8 Å². The fraction of sp³-hybridized carbons (Fsp3) is 0.278. The molecule has 128 valence electrons. The summed E-state index contributed by atoms with van der Waals surface area (Å²) in [5.74, 6) is -0.218. The molecule has 0 radical (unpaired) electrons. The van der Waals surface area contributed by atoms with Crippen molar-refractivity contribution < 1.29 is 19.1 Å². The van der Waals surface area contributed by atoms with Crippen molar-refractivity contribution in [3.8, 4) is 11.1 Å². The summed E-state index contributed by atoms with van der Waals surface area (Å²) in [5, 5.41) is 1.26. The summed E-state index contributed by atoms with van der Waals surface area (Å²) < 4.78 is 10.8. The van der Waals surface area contributed by atoms with Crippen LogP contribution in [0.4, 0.5) is 0 Å². The van der Waals surface area contributed by atoms with Gasteiger partial charge in [-0.15, -0.1) is 0 Å². The minimum absolute atomic E-state index is 0.193. The molecule has 2 rings (SSSR count). The van der Waals surface area contributed by atoms with Crippen molar-refractivity contribution in [3.05, 3.63) is 60.2 Å². The Balaban J connectivity index is 2.05. The lowest BCUT2D eigenvalue weighted by atomic mass is 10.0. The molecule has 0 fully saturated rings. The van der Waals surface area contributed by atoms with Crippen LogP contribution in [0, 0.1) is 0 Å². The maximum atomic E-state index is 11.7. The fourth-order valence-electron chi connectivity index (χ4n) is 2.38. The van der Waals surface area contributed by atoms with Crippen LogP contribution in [0.5, 0.6) is 0 Å². The van der Waals surface area contributed by atoms with Gasteiger partial charge in [0.2, 0.25) is 5.91 Å². The third-order valence-corrected chi connectivity index (χ3v) is 4.36. The molecule has 0 aliphatic rings. The Bertz CT molecular complexity index is 690. The average Bonchev–Trinajstić information content (AvgIpc) is 2.58. The van der Waals surface area contributed by atoms with Crippen LogP contribution in [0.15, 0.2) is 54.6 Å². The van der Waals surface area contributed by atoms with Gasteiger partial charge in [-0.05, 0) is 23.1 Å². The molecular weight excluding hydrogens is 325 g/mol. The molecule has 0 aliphatic carbocycles. The monoisotopic (exact) mass is 347 g/mol. The van der Waals surface area contributed by atoms with E-state index >= 15 is 0 Å². The zero-order chi connectivity index (χ0) is 17.4. The normalized spacial score (nSPS) is 11.9. The van der Waals surface area contributed by atoms with Gasteiger partial charge in [-0.1, -0.05) is 54.6 Å². The molecule has 0 bridgehead atoms. The highest BCUT2D eigenvalue weighted by Crippen LogP contribution is 2.24. The molecular formula is C18H22NO4P. The molecule has 1 unspecified atom stereocenters. The van der Waals surface area contributed by atoms with Crippen LogP contribution in [0.1, 0.15) is 18.9 Å². The number of carbonyl (C=O) groups is 1. The number of hydrogen-bond acceptors (Lipinski definition) is 3. The van der Waals surface area contributed by atoms with Crippen molar-refractivity contribution in [2.45, 2.75) is 20.0 Å². The number of hydroxylamine groups is 2. The van der Waals surface area contributed by atoms with Gasteiger partial charge in [-0.2, -0.15) is 0 Å². The molecule has 0 saturated carbocycles. The lowest BCUT2D eigenvalue weighted by Gasteiger charge is -2.21. The van der Waals surface area contributed by atoms with E-state index < -0.39 is 8.03 Å². The number of amides is 1. The summed E-state index contributed by atoms with van der Waals surface area (Å²) >= 11 is 0. The molecule has 0 saturated heterocycles. The van der Waals surface area contributed by atoms with Gasteiger partial charge < -0.3 is 4.89 Å². The van der Waals surface area contributed by atoms with Crippen LogP contribution in [0.3, 0.4) is 0 Å². The van der Waals surface area contributed by atoms with Crippen LogP contribution >= 0.6 is 8.03 Å². The number of rotatable bonds is 8. The Hall–Kier alpha value is -1.94. The Labute approximate surface area is 142 Å². The molecule has 1 atom stereocenters. The minimum Gasteiger partial charge on any atom is -0.346 e. The Morgan fingerprint density at radius 2 is 1.79 bits per heavy atom. The standard InChI is InChI=1S/C18H22NO4P/c1-15(20)19(12-7-13-24(21)22)23-14-17-10-5-6-11-18(17)16-8-3-2-4-9-16/h2-6,8-11,24H,7,12-14H2,1H3,(H,21,22). The Morgan fingerprint density at radius 3 is 2.46 bits per heavy atom. The van der Waals surface area contributed by atoms with Gasteiger partial charge in [0.1, 0.15) is 6.61 Å². The highest BCUT2D eigenvalue weighted by molar-refractivity contribution is 7.37. The van der Waals surface area contributed by atoms with Crippen molar-refractivity contribution in [1.82, 2.24) is 5.06 Å². The highest BCUT2D eigenvalue weighted by atomic mass is 31.1. The molecule has 1 amide bonds. The smallest absolute Gasteiger partial charge is 0.243 e. The van der Waals surface area contributed by atoms with Crippen molar-refractivity contribution in [1.29, 1.82) is 0 Å². The first-order chi connectivity index (χ1) is 11.6. The number of carbonyl (C=O) groups excluding carboxylic acids is 1. The lowest BCUT2D eigenvalue weighted by molar-refractivity contribution is -0.189. The first kappa shape index (κ1) is 18.4. The zero-order valence-corrected chi connectivity index (χ0v) is 14.6. The summed E-state index contributed by atoms with van der Waals surface area (Å²) in [5.41, 5.74) is 3.12. The maximum absolute atomic E-state index is 11.7. The second-order valence-electron chi connectivity index (χ2n) is 5.42. The highest BCUT2D eigenvalue weighted by Gasteiger charge is 2.12. The molecule has 2 aromatic carbocycles. The first-order valence-electron chi connectivity index (χ1n) is 7.84. The predicted molar refractivity (Wildman–Crippen MR) is 94.8 cm³/mol. The molecule has 5 nitrogen and oxygen atoms in total. The molecule has 0 aliphatic heterocycles. The van der Waals surface area contributed by atoms with E-state index in [4.69, 9.17) is 9.73 Å². The van der Waals surface area contributed by atoms with Gasteiger partial charge in [-0.25, -0.2) is 5.06 Å². The van der Waals surface area contributed by atoms with E-state index in [-0.39, 0.29) is 18.7 Å². The third-order valence-electron chi connectivity index (χ3n) is 3.58. The van der Waals surface area contributed by atoms with Crippen molar-refractivity contribution in [3.63, 3.8) is 0 Å². The number of hydrogen-bond donors (Lipinski definition) is 1. The molecule has 24 heavy (non-hydrogen) atoms. The molecule has 1 N–H and O–H groups in total. The minimum atomic E-state index is -2.51. The summed E-state index contributed by atoms with van der Waals surface area (Å²) in [7, 11) is -2.51. The average molecular weight is 347 g/mol. The Kier molecular flexibility index (Phi) is 7.19. The SMILES string of the molecule is CC(=O)N(CCC[PH](=O)O)OCc1ccccc1-c1ccccc1. The van der Waals surface area contributed by atoms with E-state index in [2.05, 4.69) is 0 Å². The van der Waals surface area contributed by atoms with Gasteiger partial charge in [0.15, 0.2) is 8.03 Å². The van der Waals surface area contributed by atoms with Crippen molar-refractivity contribution in [2.75, 3.05) is 12.7 Å². The quantitative estimate of drug-likeness (QED) is 0.586. The summed E-state index contributed by atoms with van der Waals surface area (Å²) in [6.07, 6.45) is 0.632. The number of nitrogens with zero attached hydrogens (tertiary/aromatic N) is 1. The topological polar surface area (TPSA) is 66.8 Å². The van der Waals surface area contributed by atoms with E-state index in [0.29, 0.717) is 13.0 Å². The van der Waals surface area contributed by atoms with Gasteiger partial charge in [0, 0.05) is 19.6 Å². The maximum Gasteiger partial charge on any atom is 0.243 e. The van der Waals surface area contributed by atoms with Gasteiger partial charge in [0.25, 0.3) is 0 Å². The van der Waals surface area contributed by atoms with E-state index in [9.17, 15) is 9.36 Å². The molecule has 2 aromatic rings. The molecule has 0 aromatic heterocycles. The van der Waals surface area contributed by atoms with Gasteiger partial charge in [0.05, 0.1) is 0 Å². The largest absolute Gasteiger partial charge is 0.346 e. The van der Waals surface area contributed by atoms with Gasteiger partial charge >= 0.3 is 0 Å². The first-order valence-corrected chi connectivity index (χ1v) is 9.40. The summed E-state index contributed by atoms with van der Waals surface area (Å²) in [6, 6.07) is 17.9. The van der Waals surface area contributed by atoms with Gasteiger partial charge in [-0.3, -0.25) is 14.2 Å². The summed E-state index contributed by atoms with van der Waals surface area (Å²) in [4.78, 5) is 26.2. The van der Waals surface area contributed by atoms with Crippen molar-refractivity contribution >= 4 is 13.9 Å². The van der Waals surface area contributed by atoms with E-state index in [1.54, 1.807) is 0 Å². The van der Waals surface area contributed by atoms with Crippen LogP contribution in [0.25, 0.3) is 11.1 Å².